The van der Waals surface area contributed by atoms with E-state index in [1.165, 1.54) is 23.5 Å². The molecular weight excluding hydrogens is 272 g/mol. The second-order valence-electron chi connectivity index (χ2n) is 4.00. The van der Waals surface area contributed by atoms with Crippen molar-refractivity contribution in [2.45, 2.75) is 6.54 Å². The normalized spacial score (nSPS) is 9.65. The minimum absolute atomic E-state index is 0.0725. The second-order valence-corrected chi connectivity index (χ2v) is 5.00. The lowest BCUT2D eigenvalue weighted by atomic mass is 10.2. The van der Waals surface area contributed by atoms with Crippen molar-refractivity contribution < 1.29 is 9.90 Å². The molecule has 0 aliphatic heterocycles. The minimum atomic E-state index is -0.230. The summed E-state index contributed by atoms with van der Waals surface area (Å²) in [4.78, 5) is 12.9. The topological polar surface area (TPSA) is 75.3 Å². The molecule has 1 heterocycles. The highest BCUT2D eigenvalue weighted by molar-refractivity contribution is 7.10. The molecule has 20 heavy (non-hydrogen) atoms. The Morgan fingerprint density at radius 3 is 3.00 bits per heavy atom. The first kappa shape index (κ1) is 14.1. The van der Waals surface area contributed by atoms with Crippen molar-refractivity contribution >= 4 is 17.2 Å². The first-order chi connectivity index (χ1) is 9.70. The highest BCUT2D eigenvalue weighted by atomic mass is 32.1. The zero-order valence-electron chi connectivity index (χ0n) is 10.7. The molecule has 2 rings (SSSR count). The third-order valence-electron chi connectivity index (χ3n) is 2.59. The smallest absolute Gasteiger partial charge is 0.251 e. The van der Waals surface area contributed by atoms with Gasteiger partial charge in [-0.1, -0.05) is 17.9 Å². The number of thiophene rings is 1. The lowest BCUT2D eigenvalue weighted by Gasteiger charge is -2.04. The molecule has 4 nitrogen and oxygen atoms in total. The third kappa shape index (κ3) is 3.60. The fourth-order valence-corrected chi connectivity index (χ4v) is 2.41. The predicted molar refractivity (Wildman–Crippen MR) is 79.5 cm³/mol. The Hall–Kier alpha value is -2.29. The summed E-state index contributed by atoms with van der Waals surface area (Å²) >= 11 is 1.53. The Bertz CT molecular complexity index is 668. The molecule has 0 radical (unpaired) electrons. The molecule has 1 aromatic carbocycles. The summed E-state index contributed by atoms with van der Waals surface area (Å²) in [5, 5.41) is 14.1. The van der Waals surface area contributed by atoms with Crippen LogP contribution in [0.5, 0.6) is 5.75 Å². The zero-order valence-corrected chi connectivity index (χ0v) is 11.5. The second kappa shape index (κ2) is 6.75. The van der Waals surface area contributed by atoms with Crippen LogP contribution in [0.4, 0.5) is 0 Å². The Morgan fingerprint density at radius 1 is 1.40 bits per heavy atom. The number of phenols is 1. The van der Waals surface area contributed by atoms with Gasteiger partial charge in [0, 0.05) is 16.0 Å². The summed E-state index contributed by atoms with van der Waals surface area (Å²) in [6, 6.07) is 8.14. The number of rotatable bonds is 3. The summed E-state index contributed by atoms with van der Waals surface area (Å²) in [6.07, 6.45) is 0. The molecule has 5 heteroatoms. The van der Waals surface area contributed by atoms with E-state index in [-0.39, 0.29) is 11.7 Å². The molecule has 0 aliphatic rings. The molecule has 0 bridgehead atoms. The summed E-state index contributed by atoms with van der Waals surface area (Å²) in [7, 11) is 0. The fourth-order valence-electron chi connectivity index (χ4n) is 1.64. The third-order valence-corrected chi connectivity index (χ3v) is 3.51. The van der Waals surface area contributed by atoms with Crippen LogP contribution in [-0.4, -0.2) is 17.6 Å². The van der Waals surface area contributed by atoms with Crippen LogP contribution in [0.25, 0.3) is 0 Å². The molecule has 0 aliphatic carbocycles. The molecule has 1 amide bonds. The van der Waals surface area contributed by atoms with Gasteiger partial charge in [0.1, 0.15) is 5.75 Å². The molecule has 102 valence electrons. The van der Waals surface area contributed by atoms with Crippen LogP contribution in [0.1, 0.15) is 20.8 Å². The minimum Gasteiger partial charge on any atom is -0.508 e. The monoisotopic (exact) mass is 286 g/mol. The maximum atomic E-state index is 11.9. The van der Waals surface area contributed by atoms with Gasteiger partial charge in [-0.2, -0.15) is 0 Å². The van der Waals surface area contributed by atoms with Crippen LogP contribution in [0, 0.1) is 11.8 Å². The molecule has 0 fully saturated rings. The highest BCUT2D eigenvalue weighted by Gasteiger charge is 2.08. The Labute approximate surface area is 121 Å². The molecule has 0 spiro atoms. The van der Waals surface area contributed by atoms with Crippen molar-refractivity contribution in [3.8, 4) is 17.6 Å². The molecule has 0 saturated carbocycles. The molecule has 4 N–H and O–H groups in total. The van der Waals surface area contributed by atoms with Gasteiger partial charge in [-0.3, -0.25) is 4.79 Å². The Balaban J connectivity index is 2.02. The van der Waals surface area contributed by atoms with E-state index in [1.54, 1.807) is 12.1 Å². The maximum absolute atomic E-state index is 11.9. The number of hydrogen-bond acceptors (Lipinski definition) is 4. The standard InChI is InChI=1S/C15H14N2O2S/c16-7-2-4-11-6-8-20-14(11)10-17-15(19)12-3-1-5-13(18)9-12/h1,3,5-6,8-9,18H,7,10,16H2,(H,17,19). The van der Waals surface area contributed by atoms with Crippen LogP contribution < -0.4 is 11.1 Å². The molecule has 0 saturated heterocycles. The number of hydrogen-bond donors (Lipinski definition) is 3. The van der Waals surface area contributed by atoms with E-state index in [0.717, 1.165) is 10.4 Å². The molecule has 0 atom stereocenters. The number of benzene rings is 1. The number of aromatic hydroxyl groups is 1. The first-order valence-electron chi connectivity index (χ1n) is 6.03. The van der Waals surface area contributed by atoms with E-state index >= 15 is 0 Å². The molecule has 0 unspecified atom stereocenters. The van der Waals surface area contributed by atoms with Crippen LogP contribution in [0.2, 0.25) is 0 Å². The van der Waals surface area contributed by atoms with Crippen LogP contribution >= 0.6 is 11.3 Å². The van der Waals surface area contributed by atoms with Crippen molar-refractivity contribution in [3.63, 3.8) is 0 Å². The maximum Gasteiger partial charge on any atom is 0.251 e. The molecule has 1 aromatic heterocycles. The SMILES string of the molecule is NCC#Cc1ccsc1CNC(=O)c1cccc(O)c1. The van der Waals surface area contributed by atoms with Gasteiger partial charge in [0.2, 0.25) is 0 Å². The number of carbonyl (C=O) groups excluding carboxylic acids is 1. The van der Waals surface area contributed by atoms with E-state index in [4.69, 9.17) is 5.73 Å². The zero-order chi connectivity index (χ0) is 14.4. The van der Waals surface area contributed by atoms with Crippen LogP contribution in [-0.2, 0) is 6.54 Å². The Kier molecular flexibility index (Phi) is 4.77. The van der Waals surface area contributed by atoms with Gasteiger partial charge in [-0.15, -0.1) is 11.3 Å². The van der Waals surface area contributed by atoms with E-state index in [2.05, 4.69) is 17.2 Å². The predicted octanol–water partition coefficient (Wildman–Crippen LogP) is 1.69. The number of nitrogens with one attached hydrogen (secondary N) is 1. The quantitative estimate of drug-likeness (QED) is 0.752. The van der Waals surface area contributed by atoms with Gasteiger partial charge < -0.3 is 16.2 Å². The van der Waals surface area contributed by atoms with E-state index in [9.17, 15) is 9.90 Å². The van der Waals surface area contributed by atoms with Crippen LogP contribution in [0.3, 0.4) is 0 Å². The Morgan fingerprint density at radius 2 is 2.25 bits per heavy atom. The first-order valence-corrected chi connectivity index (χ1v) is 6.91. The lowest BCUT2D eigenvalue weighted by molar-refractivity contribution is 0.0951. The fraction of sp³-hybridized carbons (Fsp3) is 0.133. The number of amides is 1. The number of carbonyl (C=O) groups is 1. The highest BCUT2D eigenvalue weighted by Crippen LogP contribution is 2.16. The number of phenolic OH excluding ortho intramolecular Hbond substituents is 1. The summed E-state index contributed by atoms with van der Waals surface area (Å²) in [5.41, 5.74) is 6.66. The van der Waals surface area contributed by atoms with Gasteiger partial charge in [0.15, 0.2) is 0 Å². The molecule has 2 aromatic rings. The average molecular weight is 286 g/mol. The van der Waals surface area contributed by atoms with Gasteiger partial charge in [0.25, 0.3) is 5.91 Å². The summed E-state index contributed by atoms with van der Waals surface area (Å²) in [5.74, 6) is 5.61. The average Bonchev–Trinajstić information content (AvgIpc) is 2.90. The number of nitrogens with two attached hydrogens (primary N) is 1. The van der Waals surface area contributed by atoms with E-state index < -0.39 is 0 Å². The van der Waals surface area contributed by atoms with E-state index in [0.29, 0.717) is 18.7 Å². The summed E-state index contributed by atoms with van der Waals surface area (Å²) < 4.78 is 0. The molecular formula is C15H14N2O2S. The lowest BCUT2D eigenvalue weighted by Crippen LogP contribution is -2.22. The van der Waals surface area contributed by atoms with Crippen molar-refractivity contribution in [1.29, 1.82) is 0 Å². The van der Waals surface area contributed by atoms with Crippen molar-refractivity contribution in [3.05, 3.63) is 51.7 Å². The van der Waals surface area contributed by atoms with Gasteiger partial charge >= 0.3 is 0 Å². The largest absolute Gasteiger partial charge is 0.508 e. The van der Waals surface area contributed by atoms with Crippen molar-refractivity contribution in [1.82, 2.24) is 5.32 Å². The van der Waals surface area contributed by atoms with Crippen molar-refractivity contribution in [2.24, 2.45) is 5.73 Å². The van der Waals surface area contributed by atoms with Crippen molar-refractivity contribution in [2.75, 3.05) is 6.54 Å². The van der Waals surface area contributed by atoms with E-state index in [1.807, 2.05) is 11.4 Å². The summed E-state index contributed by atoms with van der Waals surface area (Å²) in [6.45, 7) is 0.714. The van der Waals surface area contributed by atoms with Gasteiger partial charge in [0.05, 0.1) is 13.1 Å². The van der Waals surface area contributed by atoms with Gasteiger partial charge in [-0.25, -0.2) is 0 Å². The van der Waals surface area contributed by atoms with Crippen LogP contribution in [0.15, 0.2) is 35.7 Å². The van der Waals surface area contributed by atoms with Gasteiger partial charge in [-0.05, 0) is 29.6 Å².